The van der Waals surface area contributed by atoms with E-state index in [0.717, 1.165) is 33.6 Å². The number of nitrogens with zero attached hydrogens (tertiary/aromatic N) is 4. The number of ether oxygens (including phenoxy) is 1. The van der Waals surface area contributed by atoms with Gasteiger partial charge >= 0.3 is 0 Å². The summed E-state index contributed by atoms with van der Waals surface area (Å²) < 4.78 is 10.1. The first-order valence-corrected chi connectivity index (χ1v) is 11.3. The van der Waals surface area contributed by atoms with E-state index in [1.54, 1.807) is 6.33 Å². The standard InChI is InChI=1S/C28H23N5O/c1-19-23-24(21-13-7-3-8-14-21)25-26(29)32(17-20-11-5-2-6-12-20)18-30-27(25)34-28(23)33(31-19)22-15-9-4-10-16-22/h2-16,18,24,29H,17H2,1H3. The molecule has 1 unspecified atom stereocenters. The monoisotopic (exact) mass is 445 g/mol. The van der Waals surface area contributed by atoms with Crippen molar-refractivity contribution in [1.82, 2.24) is 19.3 Å². The van der Waals surface area contributed by atoms with Crippen LogP contribution >= 0.6 is 0 Å². The van der Waals surface area contributed by atoms with E-state index < -0.39 is 0 Å². The predicted molar refractivity (Wildman–Crippen MR) is 129 cm³/mol. The fraction of sp³-hybridized carbons (Fsp3) is 0.107. The Balaban J connectivity index is 1.56. The van der Waals surface area contributed by atoms with Gasteiger partial charge in [-0.2, -0.15) is 5.10 Å². The van der Waals surface area contributed by atoms with E-state index in [9.17, 15) is 0 Å². The smallest absolute Gasteiger partial charge is 0.230 e. The molecule has 3 heterocycles. The molecule has 3 aromatic carbocycles. The van der Waals surface area contributed by atoms with Crippen LogP contribution in [0, 0.1) is 12.3 Å². The van der Waals surface area contributed by atoms with Crippen molar-refractivity contribution in [3.63, 3.8) is 0 Å². The maximum Gasteiger partial charge on any atom is 0.230 e. The lowest BCUT2D eigenvalue weighted by molar-refractivity contribution is 0.395. The minimum Gasteiger partial charge on any atom is -0.420 e. The molecule has 1 N–H and O–H groups in total. The van der Waals surface area contributed by atoms with Gasteiger partial charge in [0.25, 0.3) is 0 Å². The first-order chi connectivity index (χ1) is 16.7. The fourth-order valence-electron chi connectivity index (χ4n) is 4.65. The van der Waals surface area contributed by atoms with Crippen molar-refractivity contribution in [3.05, 3.63) is 131 Å². The van der Waals surface area contributed by atoms with E-state index in [-0.39, 0.29) is 5.92 Å². The average Bonchev–Trinajstić information content (AvgIpc) is 3.22. The summed E-state index contributed by atoms with van der Waals surface area (Å²) in [5.41, 5.74) is 6.10. The normalized spacial score (nSPS) is 14.2. The molecule has 5 aromatic rings. The largest absolute Gasteiger partial charge is 0.420 e. The highest BCUT2D eigenvalue weighted by molar-refractivity contribution is 5.57. The summed E-state index contributed by atoms with van der Waals surface area (Å²) in [6.45, 7) is 2.57. The molecule has 1 atom stereocenters. The Kier molecular flexibility index (Phi) is 4.84. The average molecular weight is 446 g/mol. The van der Waals surface area contributed by atoms with Crippen molar-refractivity contribution >= 4 is 0 Å². The van der Waals surface area contributed by atoms with Gasteiger partial charge in [-0.15, -0.1) is 0 Å². The highest BCUT2D eigenvalue weighted by atomic mass is 16.5. The maximum atomic E-state index is 9.15. The molecule has 0 amide bonds. The van der Waals surface area contributed by atoms with Crippen LogP contribution in [0.1, 0.15) is 33.9 Å². The molecule has 0 saturated carbocycles. The summed E-state index contributed by atoms with van der Waals surface area (Å²) in [4.78, 5) is 4.67. The molecule has 1 aliphatic heterocycles. The van der Waals surface area contributed by atoms with Gasteiger partial charge in [0.05, 0.1) is 35.0 Å². The molecule has 0 saturated heterocycles. The quantitative estimate of drug-likeness (QED) is 0.406. The molecule has 2 aromatic heterocycles. The number of para-hydroxylation sites is 1. The topological polar surface area (TPSA) is 68.7 Å². The summed E-state index contributed by atoms with van der Waals surface area (Å²) in [6.07, 6.45) is 1.69. The van der Waals surface area contributed by atoms with Gasteiger partial charge in [0.2, 0.25) is 11.8 Å². The number of aromatic nitrogens is 4. The van der Waals surface area contributed by atoms with E-state index in [1.807, 2.05) is 82.9 Å². The van der Waals surface area contributed by atoms with Gasteiger partial charge in [0.15, 0.2) is 0 Å². The number of nitrogens with one attached hydrogen (secondary N) is 1. The Labute approximate surface area is 197 Å². The van der Waals surface area contributed by atoms with E-state index in [4.69, 9.17) is 15.2 Å². The van der Waals surface area contributed by atoms with E-state index in [1.165, 1.54) is 0 Å². The lowest BCUT2D eigenvalue weighted by Crippen LogP contribution is -2.30. The van der Waals surface area contributed by atoms with Crippen LogP contribution in [0.15, 0.2) is 97.3 Å². The van der Waals surface area contributed by atoms with Crippen LogP contribution in [0.3, 0.4) is 0 Å². The molecule has 0 radical (unpaired) electrons. The third kappa shape index (κ3) is 3.31. The van der Waals surface area contributed by atoms with Crippen LogP contribution in [0.4, 0.5) is 0 Å². The Morgan fingerprint density at radius 3 is 2.21 bits per heavy atom. The molecular formula is C28H23N5O. The summed E-state index contributed by atoms with van der Waals surface area (Å²) in [5.74, 6) is 0.895. The minimum atomic E-state index is -0.208. The van der Waals surface area contributed by atoms with Gasteiger partial charge in [-0.25, -0.2) is 9.67 Å². The third-order valence-corrected chi connectivity index (χ3v) is 6.25. The first kappa shape index (κ1) is 20.2. The fourth-order valence-corrected chi connectivity index (χ4v) is 4.65. The van der Waals surface area contributed by atoms with Crippen molar-refractivity contribution in [2.75, 3.05) is 0 Å². The SMILES string of the molecule is Cc1nn(-c2ccccc2)c2c1C(c1ccccc1)c1c(ncn(Cc3ccccc3)c1=N)O2. The molecule has 6 rings (SSSR count). The van der Waals surface area contributed by atoms with Gasteiger partial charge in [0, 0.05) is 0 Å². The van der Waals surface area contributed by atoms with E-state index in [0.29, 0.717) is 23.8 Å². The Hall–Kier alpha value is -4.45. The number of rotatable bonds is 4. The van der Waals surface area contributed by atoms with Crippen molar-refractivity contribution in [1.29, 1.82) is 5.41 Å². The second kappa shape index (κ2) is 8.15. The number of benzene rings is 3. The molecule has 0 aliphatic carbocycles. The third-order valence-electron chi connectivity index (χ3n) is 6.25. The molecule has 6 nitrogen and oxygen atoms in total. The zero-order valence-electron chi connectivity index (χ0n) is 18.7. The number of fused-ring (bicyclic) bond motifs is 2. The molecular weight excluding hydrogens is 422 g/mol. The van der Waals surface area contributed by atoms with Crippen LogP contribution in [-0.4, -0.2) is 19.3 Å². The Morgan fingerprint density at radius 2 is 1.50 bits per heavy atom. The van der Waals surface area contributed by atoms with Crippen LogP contribution < -0.4 is 10.2 Å². The van der Waals surface area contributed by atoms with Crippen LogP contribution in [0.25, 0.3) is 5.69 Å². The highest BCUT2D eigenvalue weighted by Crippen LogP contribution is 2.47. The summed E-state index contributed by atoms with van der Waals surface area (Å²) in [5, 5.41) is 14.0. The second-order valence-corrected chi connectivity index (χ2v) is 8.42. The predicted octanol–water partition coefficient (Wildman–Crippen LogP) is 5.19. The summed E-state index contributed by atoms with van der Waals surface area (Å²) in [7, 11) is 0. The molecule has 166 valence electrons. The summed E-state index contributed by atoms with van der Waals surface area (Å²) >= 11 is 0. The van der Waals surface area contributed by atoms with Gasteiger partial charge < -0.3 is 9.30 Å². The molecule has 0 spiro atoms. The van der Waals surface area contributed by atoms with Crippen molar-refractivity contribution in [2.24, 2.45) is 0 Å². The molecule has 0 fully saturated rings. The zero-order chi connectivity index (χ0) is 23.1. The lowest BCUT2D eigenvalue weighted by atomic mass is 9.84. The van der Waals surface area contributed by atoms with Gasteiger partial charge in [0.1, 0.15) is 11.8 Å². The molecule has 1 aliphatic rings. The number of hydrogen-bond acceptors (Lipinski definition) is 4. The van der Waals surface area contributed by atoms with E-state index in [2.05, 4.69) is 29.2 Å². The maximum absolute atomic E-state index is 9.15. The number of aryl methyl sites for hydroxylation is 1. The van der Waals surface area contributed by atoms with Crippen LogP contribution in [-0.2, 0) is 6.54 Å². The van der Waals surface area contributed by atoms with Gasteiger partial charge in [-0.1, -0.05) is 78.9 Å². The van der Waals surface area contributed by atoms with Crippen molar-refractivity contribution in [3.8, 4) is 17.4 Å². The molecule has 34 heavy (non-hydrogen) atoms. The lowest BCUT2D eigenvalue weighted by Gasteiger charge is -2.27. The Morgan fingerprint density at radius 1 is 0.853 bits per heavy atom. The van der Waals surface area contributed by atoms with E-state index >= 15 is 0 Å². The van der Waals surface area contributed by atoms with Crippen LogP contribution in [0.2, 0.25) is 0 Å². The van der Waals surface area contributed by atoms with Crippen molar-refractivity contribution < 1.29 is 4.74 Å². The molecule has 6 heteroatoms. The zero-order valence-corrected chi connectivity index (χ0v) is 18.7. The highest BCUT2D eigenvalue weighted by Gasteiger charge is 2.37. The van der Waals surface area contributed by atoms with Crippen molar-refractivity contribution in [2.45, 2.75) is 19.4 Å². The number of hydrogen-bond donors (Lipinski definition) is 1. The second-order valence-electron chi connectivity index (χ2n) is 8.42. The molecule has 0 bridgehead atoms. The minimum absolute atomic E-state index is 0.208. The first-order valence-electron chi connectivity index (χ1n) is 11.3. The van der Waals surface area contributed by atoms with Gasteiger partial charge in [-0.3, -0.25) is 5.41 Å². The summed E-state index contributed by atoms with van der Waals surface area (Å²) in [6, 6.07) is 30.3. The Bertz CT molecular complexity index is 1520. The van der Waals surface area contributed by atoms with Crippen LogP contribution in [0.5, 0.6) is 11.8 Å². The van der Waals surface area contributed by atoms with Gasteiger partial charge in [-0.05, 0) is 30.2 Å².